The zero-order valence-corrected chi connectivity index (χ0v) is 20.9. The Labute approximate surface area is 200 Å². The molecule has 168 valence electrons. The Morgan fingerprint density at radius 1 is 1.28 bits per heavy atom. The second-order valence-corrected chi connectivity index (χ2v) is 11.7. The summed E-state index contributed by atoms with van der Waals surface area (Å²) in [5.41, 5.74) is 1.98. The third kappa shape index (κ3) is 4.66. The Bertz CT molecular complexity index is 1340. The van der Waals surface area contributed by atoms with Gasteiger partial charge in [0.25, 0.3) is 5.91 Å². The molecule has 0 aliphatic carbocycles. The van der Waals surface area contributed by atoms with Gasteiger partial charge in [-0.1, -0.05) is 51.0 Å². The molecule has 4 rings (SSSR count). The first kappa shape index (κ1) is 23.1. The summed E-state index contributed by atoms with van der Waals surface area (Å²) in [4.78, 5) is 18.4. The van der Waals surface area contributed by atoms with Gasteiger partial charge in [0.05, 0.1) is 21.0 Å². The van der Waals surface area contributed by atoms with E-state index in [0.29, 0.717) is 30.7 Å². The summed E-state index contributed by atoms with van der Waals surface area (Å²) >= 11 is 4.92. The molecule has 0 spiro atoms. The SMILES string of the molecule is C=CCn1c(=NC(=O)C2CCCN(S(=O)(=O)c3ccc(C)cc3)C2)sc2cc(Br)ccc21. The van der Waals surface area contributed by atoms with Gasteiger partial charge in [0.1, 0.15) is 0 Å². The number of sulfonamides is 1. The number of piperidine rings is 1. The minimum absolute atomic E-state index is 0.149. The molecule has 0 radical (unpaired) electrons. The number of thiazole rings is 1. The van der Waals surface area contributed by atoms with Crippen LogP contribution in [-0.2, 0) is 21.4 Å². The number of allylic oxidation sites excluding steroid dienone is 1. The highest BCUT2D eigenvalue weighted by Crippen LogP contribution is 2.26. The standard InChI is InChI=1S/C23H24BrN3O3S2/c1-3-12-27-20-11-8-18(24)14-21(20)31-23(27)25-22(28)17-5-4-13-26(15-17)32(29,30)19-9-6-16(2)7-10-19/h3,6-11,14,17H,1,4-5,12-13,15H2,2H3. The van der Waals surface area contributed by atoms with Crippen LogP contribution in [0.3, 0.4) is 0 Å². The topological polar surface area (TPSA) is 71.7 Å². The van der Waals surface area contributed by atoms with Crippen molar-refractivity contribution >= 4 is 53.4 Å². The van der Waals surface area contributed by atoms with Gasteiger partial charge < -0.3 is 4.57 Å². The largest absolute Gasteiger partial charge is 0.313 e. The van der Waals surface area contributed by atoms with Crippen LogP contribution < -0.4 is 4.80 Å². The van der Waals surface area contributed by atoms with E-state index in [4.69, 9.17) is 0 Å². The Morgan fingerprint density at radius 3 is 2.75 bits per heavy atom. The number of fused-ring (bicyclic) bond motifs is 1. The van der Waals surface area contributed by atoms with E-state index in [9.17, 15) is 13.2 Å². The quantitative estimate of drug-likeness (QED) is 0.453. The second-order valence-electron chi connectivity index (χ2n) is 7.86. The molecule has 9 heteroatoms. The van der Waals surface area contributed by atoms with Gasteiger partial charge in [-0.15, -0.1) is 6.58 Å². The number of rotatable bonds is 5. The van der Waals surface area contributed by atoms with Crippen molar-refractivity contribution in [1.82, 2.24) is 8.87 Å². The van der Waals surface area contributed by atoms with Gasteiger partial charge in [0, 0.05) is 24.1 Å². The van der Waals surface area contributed by atoms with Crippen molar-refractivity contribution in [1.29, 1.82) is 0 Å². The number of nitrogens with zero attached hydrogens (tertiary/aromatic N) is 3. The molecule has 1 saturated heterocycles. The second kappa shape index (κ2) is 9.43. The first-order valence-electron chi connectivity index (χ1n) is 10.3. The van der Waals surface area contributed by atoms with E-state index in [-0.39, 0.29) is 17.3 Å². The minimum atomic E-state index is -3.64. The van der Waals surface area contributed by atoms with Crippen LogP contribution in [0.15, 0.2) is 69.5 Å². The molecule has 1 aliphatic rings. The van der Waals surface area contributed by atoms with E-state index < -0.39 is 15.9 Å². The third-order valence-corrected chi connectivity index (χ3v) is 8.97. The Morgan fingerprint density at radius 2 is 2.03 bits per heavy atom. The molecular formula is C23H24BrN3O3S2. The predicted molar refractivity (Wildman–Crippen MR) is 131 cm³/mol. The average Bonchev–Trinajstić information content (AvgIpc) is 3.10. The summed E-state index contributed by atoms with van der Waals surface area (Å²) in [5, 5.41) is 0. The first-order valence-corrected chi connectivity index (χ1v) is 13.4. The number of amides is 1. The summed E-state index contributed by atoms with van der Waals surface area (Å²) in [6.45, 7) is 6.82. The van der Waals surface area contributed by atoms with Crippen LogP contribution in [0, 0.1) is 12.8 Å². The Kier molecular flexibility index (Phi) is 6.80. The number of benzene rings is 2. The fourth-order valence-corrected chi connectivity index (χ4v) is 6.97. The molecule has 1 unspecified atom stereocenters. The van der Waals surface area contributed by atoms with Crippen LogP contribution >= 0.6 is 27.3 Å². The zero-order valence-electron chi connectivity index (χ0n) is 17.7. The molecule has 0 bridgehead atoms. The number of aryl methyl sites for hydroxylation is 1. The van der Waals surface area contributed by atoms with Gasteiger partial charge in [-0.2, -0.15) is 9.30 Å². The fraction of sp³-hybridized carbons (Fsp3) is 0.304. The molecule has 1 amide bonds. The number of carbonyl (C=O) groups excluding carboxylic acids is 1. The van der Waals surface area contributed by atoms with Crippen LogP contribution in [0.5, 0.6) is 0 Å². The summed E-state index contributed by atoms with van der Waals surface area (Å²) in [7, 11) is -3.64. The molecule has 2 aromatic carbocycles. The number of carbonyl (C=O) groups is 1. The summed E-state index contributed by atoms with van der Waals surface area (Å²) < 4.78 is 31.5. The molecule has 3 aromatic rings. The van der Waals surface area contributed by atoms with Crippen molar-refractivity contribution in [3.05, 3.63) is 70.0 Å². The minimum Gasteiger partial charge on any atom is -0.313 e. The molecule has 32 heavy (non-hydrogen) atoms. The highest BCUT2D eigenvalue weighted by Gasteiger charge is 2.33. The monoisotopic (exact) mass is 533 g/mol. The van der Waals surface area contributed by atoms with Gasteiger partial charge in [-0.3, -0.25) is 4.79 Å². The number of hydrogen-bond donors (Lipinski definition) is 0. The fourth-order valence-electron chi connectivity index (χ4n) is 3.85. The van der Waals surface area contributed by atoms with E-state index in [0.717, 1.165) is 20.3 Å². The van der Waals surface area contributed by atoms with Crippen LogP contribution in [0.25, 0.3) is 10.2 Å². The van der Waals surface area contributed by atoms with Gasteiger partial charge >= 0.3 is 0 Å². The lowest BCUT2D eigenvalue weighted by Gasteiger charge is -2.30. The van der Waals surface area contributed by atoms with Crippen LogP contribution in [0.1, 0.15) is 18.4 Å². The van der Waals surface area contributed by atoms with Gasteiger partial charge in [0.15, 0.2) is 4.80 Å². The Hall–Kier alpha value is -2.07. The summed E-state index contributed by atoms with van der Waals surface area (Å²) in [6, 6.07) is 12.7. The van der Waals surface area contributed by atoms with Crippen LogP contribution in [0.4, 0.5) is 0 Å². The lowest BCUT2D eigenvalue weighted by atomic mass is 9.99. The molecular weight excluding hydrogens is 510 g/mol. The summed E-state index contributed by atoms with van der Waals surface area (Å²) in [6.07, 6.45) is 3.03. The van der Waals surface area contributed by atoms with E-state index in [1.54, 1.807) is 30.3 Å². The van der Waals surface area contributed by atoms with E-state index in [1.165, 1.54) is 15.6 Å². The lowest BCUT2D eigenvalue weighted by molar-refractivity contribution is -0.122. The van der Waals surface area contributed by atoms with Crippen molar-refractivity contribution in [2.75, 3.05) is 13.1 Å². The smallest absolute Gasteiger partial charge is 0.252 e. The normalized spacial score (nSPS) is 18.2. The van der Waals surface area contributed by atoms with Crippen molar-refractivity contribution in [2.45, 2.75) is 31.2 Å². The highest BCUT2D eigenvalue weighted by atomic mass is 79.9. The summed E-state index contributed by atoms with van der Waals surface area (Å²) in [5.74, 6) is -0.740. The van der Waals surface area contributed by atoms with Crippen molar-refractivity contribution in [2.24, 2.45) is 10.9 Å². The van der Waals surface area contributed by atoms with Gasteiger partial charge in [-0.25, -0.2) is 8.42 Å². The third-order valence-electron chi connectivity index (χ3n) is 5.55. The molecule has 1 aromatic heterocycles. The molecule has 1 fully saturated rings. The van der Waals surface area contributed by atoms with Gasteiger partial charge in [-0.05, 0) is 50.1 Å². The molecule has 0 N–H and O–H groups in total. The molecule has 0 saturated carbocycles. The molecule has 6 nitrogen and oxygen atoms in total. The highest BCUT2D eigenvalue weighted by molar-refractivity contribution is 9.10. The Balaban J connectivity index is 1.62. The zero-order chi connectivity index (χ0) is 22.9. The number of halogens is 1. The lowest BCUT2D eigenvalue weighted by Crippen LogP contribution is -2.42. The predicted octanol–water partition coefficient (Wildman–Crippen LogP) is 4.49. The molecule has 1 aliphatic heterocycles. The van der Waals surface area contributed by atoms with Gasteiger partial charge in [0.2, 0.25) is 10.0 Å². The van der Waals surface area contributed by atoms with Crippen LogP contribution in [0.2, 0.25) is 0 Å². The maximum Gasteiger partial charge on any atom is 0.252 e. The van der Waals surface area contributed by atoms with E-state index in [2.05, 4.69) is 27.5 Å². The van der Waals surface area contributed by atoms with Crippen molar-refractivity contribution < 1.29 is 13.2 Å². The maximum absolute atomic E-state index is 13.1. The number of aromatic nitrogens is 1. The van der Waals surface area contributed by atoms with Crippen molar-refractivity contribution in [3.8, 4) is 0 Å². The molecule has 2 heterocycles. The van der Waals surface area contributed by atoms with E-state index >= 15 is 0 Å². The number of hydrogen-bond acceptors (Lipinski definition) is 4. The average molecular weight is 535 g/mol. The maximum atomic E-state index is 13.1. The van der Waals surface area contributed by atoms with E-state index in [1.807, 2.05) is 29.7 Å². The molecule has 1 atom stereocenters. The van der Waals surface area contributed by atoms with Crippen LogP contribution in [-0.4, -0.2) is 36.3 Å². The first-order chi connectivity index (χ1) is 15.3. The van der Waals surface area contributed by atoms with Crippen molar-refractivity contribution in [3.63, 3.8) is 0 Å².